The third kappa shape index (κ3) is 7.05. The summed E-state index contributed by atoms with van der Waals surface area (Å²) in [5, 5.41) is 0.505. The van der Waals surface area contributed by atoms with E-state index in [4.69, 9.17) is 19.9 Å². The number of allylic oxidation sites excluding steroid dienone is 4. The number of nitrogens with two attached hydrogens (primary N) is 1. The van der Waals surface area contributed by atoms with E-state index in [0.717, 1.165) is 12.1 Å². The molecule has 1 heterocycles. The second-order valence-corrected chi connectivity index (χ2v) is 9.35. The molecule has 3 aromatic rings. The van der Waals surface area contributed by atoms with Crippen molar-refractivity contribution in [1.82, 2.24) is 9.71 Å². The van der Waals surface area contributed by atoms with Crippen molar-refractivity contribution in [2.75, 3.05) is 26.9 Å². The molecule has 0 spiro atoms. The number of aromatic nitrogens is 1. The number of alkyl halides is 1. The van der Waals surface area contributed by atoms with E-state index >= 15 is 0 Å². The van der Waals surface area contributed by atoms with Crippen LogP contribution in [-0.4, -0.2) is 40.3 Å². The molecule has 0 unspecified atom stereocenters. The maximum absolute atomic E-state index is 14.0. The summed E-state index contributed by atoms with van der Waals surface area (Å²) in [6, 6.07) is 6.85. The zero-order valence-electron chi connectivity index (χ0n) is 20.4. The van der Waals surface area contributed by atoms with E-state index in [1.54, 1.807) is 12.1 Å². The van der Waals surface area contributed by atoms with Crippen molar-refractivity contribution in [3.05, 3.63) is 90.5 Å². The Morgan fingerprint density at radius 2 is 1.92 bits per heavy atom. The highest BCUT2D eigenvalue weighted by atomic mass is 32.2. The van der Waals surface area contributed by atoms with Crippen molar-refractivity contribution in [1.29, 1.82) is 0 Å². The fraction of sp³-hybridized carbons (Fsp3) is 0.192. The van der Waals surface area contributed by atoms with Crippen molar-refractivity contribution in [2.24, 2.45) is 5.73 Å². The number of nitrogens with one attached hydrogen (secondary N) is 1. The van der Waals surface area contributed by atoms with Crippen molar-refractivity contribution in [3.63, 3.8) is 0 Å². The molecule has 0 fully saturated rings. The third-order valence-corrected chi connectivity index (χ3v) is 6.47. The van der Waals surface area contributed by atoms with E-state index in [2.05, 4.69) is 16.3 Å². The Morgan fingerprint density at radius 3 is 2.61 bits per heavy atom. The monoisotopic (exact) mass is 549 g/mol. The number of nitrogens with zero attached hydrogens (tertiary/aromatic N) is 1. The number of hydrogen-bond acceptors (Lipinski definition) is 7. The third-order valence-electron chi connectivity index (χ3n) is 5.07. The molecule has 3 N–H and O–H groups in total. The van der Waals surface area contributed by atoms with Gasteiger partial charge in [-0.1, -0.05) is 6.58 Å². The lowest BCUT2D eigenvalue weighted by Crippen LogP contribution is -2.23. The van der Waals surface area contributed by atoms with Crippen LogP contribution in [0.15, 0.2) is 83.8 Å². The summed E-state index contributed by atoms with van der Waals surface area (Å²) in [6.45, 7) is 3.30. The first-order valence-corrected chi connectivity index (χ1v) is 12.7. The van der Waals surface area contributed by atoms with Gasteiger partial charge in [0.1, 0.15) is 34.7 Å². The molecule has 8 nitrogen and oxygen atoms in total. The Morgan fingerprint density at radius 1 is 1.13 bits per heavy atom. The van der Waals surface area contributed by atoms with Gasteiger partial charge < -0.3 is 19.9 Å². The average molecular weight is 550 g/mol. The van der Waals surface area contributed by atoms with Crippen molar-refractivity contribution < 1.29 is 35.8 Å². The molecule has 0 atom stereocenters. The summed E-state index contributed by atoms with van der Waals surface area (Å²) in [7, 11) is -3.03. The average Bonchev–Trinajstić information content (AvgIpc) is 2.91. The highest BCUT2D eigenvalue weighted by Gasteiger charge is 2.20. The normalized spacial score (nSPS) is 12.3. The molecule has 0 amide bonds. The Balaban J connectivity index is 1.88. The number of methoxy groups -OCH3 is 1. The predicted octanol–water partition coefficient (Wildman–Crippen LogP) is 4.53. The maximum Gasteiger partial charge on any atom is 0.264 e. The van der Waals surface area contributed by atoms with Crippen LogP contribution >= 0.6 is 0 Å². The van der Waals surface area contributed by atoms with E-state index < -0.39 is 33.2 Å². The fourth-order valence-electron chi connectivity index (χ4n) is 3.22. The van der Waals surface area contributed by atoms with Gasteiger partial charge in [-0.15, -0.1) is 0 Å². The number of hydrogen-bond donors (Lipinski definition) is 2. The maximum atomic E-state index is 14.0. The van der Waals surface area contributed by atoms with E-state index in [1.165, 1.54) is 31.5 Å². The number of rotatable bonds is 13. The SMILES string of the molecule is C=C/C(=C\C=C(/CF)Oc1ccnc2cc(OCCCN)c(OC)cc12)NS(=O)(=O)c1cc(F)ccc1F. The van der Waals surface area contributed by atoms with Gasteiger partial charge in [0.25, 0.3) is 10.0 Å². The van der Waals surface area contributed by atoms with Crippen LogP contribution in [0.25, 0.3) is 10.9 Å². The minimum Gasteiger partial charge on any atom is -0.493 e. The van der Waals surface area contributed by atoms with Crippen LogP contribution in [0.5, 0.6) is 17.2 Å². The quantitative estimate of drug-likeness (QED) is 0.183. The zero-order chi connectivity index (χ0) is 27.7. The van der Waals surface area contributed by atoms with Crippen LogP contribution < -0.4 is 24.7 Å². The minimum atomic E-state index is -4.50. The van der Waals surface area contributed by atoms with E-state index in [9.17, 15) is 21.6 Å². The largest absolute Gasteiger partial charge is 0.493 e. The Hall–Kier alpha value is -4.03. The Bertz CT molecular complexity index is 1480. The molecule has 3 rings (SSSR count). The summed E-state index contributed by atoms with van der Waals surface area (Å²) in [5.41, 5.74) is 5.87. The highest BCUT2D eigenvalue weighted by molar-refractivity contribution is 7.89. The lowest BCUT2D eigenvalue weighted by Gasteiger charge is -2.14. The van der Waals surface area contributed by atoms with Gasteiger partial charge in [-0.2, -0.15) is 0 Å². The second kappa shape index (κ2) is 13.0. The number of halogens is 3. The zero-order valence-corrected chi connectivity index (χ0v) is 21.2. The van der Waals surface area contributed by atoms with E-state index in [-0.39, 0.29) is 17.2 Å². The van der Waals surface area contributed by atoms with Gasteiger partial charge in [0, 0.05) is 23.3 Å². The molecule has 0 aliphatic carbocycles. The van der Waals surface area contributed by atoms with Gasteiger partial charge in [-0.25, -0.2) is 21.6 Å². The fourth-order valence-corrected chi connectivity index (χ4v) is 4.39. The minimum absolute atomic E-state index is 0.135. The summed E-state index contributed by atoms with van der Waals surface area (Å²) in [6.07, 6.45) is 5.57. The Kier molecular flexibility index (Phi) is 9.74. The smallest absolute Gasteiger partial charge is 0.264 e. The molecular formula is C26H26F3N3O5S. The summed E-state index contributed by atoms with van der Waals surface area (Å²) in [4.78, 5) is 3.41. The summed E-state index contributed by atoms with van der Waals surface area (Å²) < 4.78 is 85.2. The second-order valence-electron chi connectivity index (χ2n) is 7.70. The van der Waals surface area contributed by atoms with Crippen molar-refractivity contribution >= 4 is 20.9 Å². The molecule has 0 saturated carbocycles. The molecule has 0 aliphatic rings. The molecule has 0 bridgehead atoms. The number of pyridine rings is 1. The van der Waals surface area contributed by atoms with Crippen LogP contribution in [0.4, 0.5) is 13.2 Å². The standard InChI is InChI=1S/C26H26F3N3O5S/c1-3-18(32-38(33,34)26-13-17(28)5-8-21(26)29)6-7-19(16-27)37-23-9-11-31-22-15-25(36-12-4-10-30)24(35-2)14-20(22)23/h3,5-9,11,13-15,32H,1,4,10,12,16,30H2,2H3/b18-6+,19-7+. The lowest BCUT2D eigenvalue weighted by atomic mass is 10.2. The molecule has 38 heavy (non-hydrogen) atoms. The van der Waals surface area contributed by atoms with Crippen LogP contribution in [0.2, 0.25) is 0 Å². The molecule has 0 aliphatic heterocycles. The van der Waals surface area contributed by atoms with Gasteiger partial charge in [0.05, 0.1) is 19.2 Å². The molecule has 0 saturated heterocycles. The topological polar surface area (TPSA) is 113 Å². The molecule has 12 heteroatoms. The van der Waals surface area contributed by atoms with Crippen molar-refractivity contribution in [3.8, 4) is 17.2 Å². The number of ether oxygens (including phenoxy) is 3. The predicted molar refractivity (Wildman–Crippen MR) is 137 cm³/mol. The first-order valence-electron chi connectivity index (χ1n) is 11.3. The van der Waals surface area contributed by atoms with Gasteiger partial charge in [0.15, 0.2) is 11.5 Å². The van der Waals surface area contributed by atoms with Crippen LogP contribution in [0.3, 0.4) is 0 Å². The molecule has 1 aromatic heterocycles. The van der Waals surface area contributed by atoms with E-state index in [1.807, 2.05) is 0 Å². The number of benzene rings is 2. The number of fused-ring (bicyclic) bond motifs is 1. The van der Waals surface area contributed by atoms with Crippen LogP contribution in [0.1, 0.15) is 6.42 Å². The molecule has 202 valence electrons. The summed E-state index contributed by atoms with van der Waals surface area (Å²) >= 11 is 0. The van der Waals surface area contributed by atoms with Gasteiger partial charge in [-0.3, -0.25) is 9.71 Å². The Labute approximate surface area is 218 Å². The highest BCUT2D eigenvalue weighted by Crippen LogP contribution is 2.36. The first kappa shape index (κ1) is 28.5. The molecule has 0 radical (unpaired) electrons. The lowest BCUT2D eigenvalue weighted by molar-refractivity contribution is 0.292. The number of sulfonamides is 1. The molecule has 2 aromatic carbocycles. The van der Waals surface area contributed by atoms with Gasteiger partial charge in [0.2, 0.25) is 0 Å². The summed E-state index contributed by atoms with van der Waals surface area (Å²) in [5.74, 6) is -1.14. The van der Waals surface area contributed by atoms with Crippen LogP contribution in [0, 0.1) is 11.6 Å². The van der Waals surface area contributed by atoms with E-state index in [0.29, 0.717) is 54.1 Å². The molecular weight excluding hydrogens is 523 g/mol. The van der Waals surface area contributed by atoms with Gasteiger partial charge in [-0.05, 0) is 61.5 Å². The first-order chi connectivity index (χ1) is 18.2. The van der Waals surface area contributed by atoms with Crippen LogP contribution in [-0.2, 0) is 10.0 Å². The van der Waals surface area contributed by atoms with Gasteiger partial charge >= 0.3 is 0 Å². The van der Waals surface area contributed by atoms with Crippen molar-refractivity contribution in [2.45, 2.75) is 11.3 Å².